The number of ether oxygens (including phenoxy) is 1. The highest BCUT2D eigenvalue weighted by atomic mass is 32.1. The largest absolute Gasteiger partial charge is 0.460 e. The van der Waals surface area contributed by atoms with Gasteiger partial charge in [0.2, 0.25) is 11.6 Å². The third kappa shape index (κ3) is 3.82. The molecule has 8 heteroatoms. The summed E-state index contributed by atoms with van der Waals surface area (Å²) in [6, 6.07) is 2.05. The van der Waals surface area contributed by atoms with Gasteiger partial charge in [0.25, 0.3) is 0 Å². The Morgan fingerprint density at radius 1 is 1.36 bits per heavy atom. The zero-order valence-electron chi connectivity index (χ0n) is 14.5. The minimum atomic E-state index is -0.167. The minimum absolute atomic E-state index is 0.125. The molecule has 0 bridgehead atoms. The standard InChI is InChI=1S/C17H20N4O3S/c1-10-15(25-12(3)19-10)9-23-17(22)13-4-6-21(7-5-13)16-14(8-18)20-11(2)24-16/h13H,4-7,9H2,1-3H3. The maximum atomic E-state index is 12.3. The Labute approximate surface area is 150 Å². The molecule has 132 valence electrons. The fourth-order valence-corrected chi connectivity index (χ4v) is 3.83. The van der Waals surface area contributed by atoms with E-state index in [9.17, 15) is 4.79 Å². The van der Waals surface area contributed by atoms with Crippen LogP contribution in [0.2, 0.25) is 0 Å². The normalized spacial score (nSPS) is 15.2. The number of hydrogen-bond donors (Lipinski definition) is 0. The summed E-state index contributed by atoms with van der Waals surface area (Å²) in [6.45, 7) is 7.16. The van der Waals surface area contributed by atoms with Crippen LogP contribution in [0, 0.1) is 38.0 Å². The maximum absolute atomic E-state index is 12.3. The zero-order valence-corrected chi connectivity index (χ0v) is 15.4. The summed E-state index contributed by atoms with van der Waals surface area (Å²) in [6.07, 6.45) is 1.34. The van der Waals surface area contributed by atoms with Gasteiger partial charge >= 0.3 is 5.97 Å². The summed E-state index contributed by atoms with van der Waals surface area (Å²) in [5.74, 6) is 0.686. The van der Waals surface area contributed by atoms with Crippen molar-refractivity contribution >= 4 is 23.2 Å². The molecule has 0 unspecified atom stereocenters. The lowest BCUT2D eigenvalue weighted by molar-refractivity contribution is -0.150. The van der Waals surface area contributed by atoms with Gasteiger partial charge in [-0.2, -0.15) is 5.26 Å². The molecule has 0 amide bonds. The third-order valence-corrected chi connectivity index (χ3v) is 5.33. The van der Waals surface area contributed by atoms with E-state index in [1.807, 2.05) is 18.7 Å². The number of nitrogens with zero attached hydrogens (tertiary/aromatic N) is 4. The van der Waals surface area contributed by atoms with Crippen molar-refractivity contribution in [3.05, 3.63) is 27.2 Å². The van der Waals surface area contributed by atoms with Crippen molar-refractivity contribution in [2.45, 2.75) is 40.2 Å². The summed E-state index contributed by atoms with van der Waals surface area (Å²) in [5, 5.41) is 10.1. The van der Waals surface area contributed by atoms with E-state index in [2.05, 4.69) is 16.0 Å². The second kappa shape index (κ2) is 7.23. The number of rotatable bonds is 4. The van der Waals surface area contributed by atoms with Crippen LogP contribution in [0.15, 0.2) is 4.42 Å². The quantitative estimate of drug-likeness (QED) is 0.774. The van der Waals surface area contributed by atoms with E-state index in [0.29, 0.717) is 43.4 Å². The van der Waals surface area contributed by atoms with Gasteiger partial charge in [0.1, 0.15) is 12.7 Å². The molecule has 1 fully saturated rings. The molecule has 2 aromatic rings. The first-order valence-corrected chi connectivity index (χ1v) is 9.01. The molecule has 0 aromatic carbocycles. The van der Waals surface area contributed by atoms with Crippen LogP contribution in [0.5, 0.6) is 0 Å². The maximum Gasteiger partial charge on any atom is 0.309 e. The first-order chi connectivity index (χ1) is 12.0. The van der Waals surface area contributed by atoms with Crippen molar-refractivity contribution < 1.29 is 13.9 Å². The second-order valence-corrected chi connectivity index (χ2v) is 7.40. The average molecular weight is 360 g/mol. The number of aryl methyl sites for hydroxylation is 3. The molecule has 3 rings (SSSR count). The van der Waals surface area contributed by atoms with Crippen molar-refractivity contribution in [2.24, 2.45) is 5.92 Å². The van der Waals surface area contributed by atoms with Crippen LogP contribution in [-0.2, 0) is 16.1 Å². The highest BCUT2D eigenvalue weighted by Gasteiger charge is 2.29. The number of aromatic nitrogens is 2. The highest BCUT2D eigenvalue weighted by Crippen LogP contribution is 2.28. The molecule has 1 aliphatic heterocycles. The molecule has 0 spiro atoms. The van der Waals surface area contributed by atoms with Gasteiger partial charge in [-0.25, -0.2) is 9.97 Å². The van der Waals surface area contributed by atoms with E-state index < -0.39 is 0 Å². The molecule has 0 saturated carbocycles. The van der Waals surface area contributed by atoms with E-state index in [1.54, 1.807) is 18.3 Å². The lowest BCUT2D eigenvalue weighted by Gasteiger charge is -2.30. The van der Waals surface area contributed by atoms with Crippen LogP contribution >= 0.6 is 11.3 Å². The van der Waals surface area contributed by atoms with Crippen LogP contribution < -0.4 is 4.90 Å². The van der Waals surface area contributed by atoms with Crippen molar-refractivity contribution in [1.82, 2.24) is 9.97 Å². The van der Waals surface area contributed by atoms with Crippen LogP contribution in [-0.4, -0.2) is 29.0 Å². The second-order valence-electron chi connectivity index (χ2n) is 6.11. The van der Waals surface area contributed by atoms with Crippen LogP contribution in [0.25, 0.3) is 0 Å². The Kier molecular flexibility index (Phi) is 5.04. The SMILES string of the molecule is Cc1nc(C#N)c(N2CCC(C(=O)OCc3sc(C)nc3C)CC2)o1. The Hall–Kier alpha value is -2.40. The molecule has 0 atom stereocenters. The van der Waals surface area contributed by atoms with E-state index >= 15 is 0 Å². The summed E-state index contributed by atoms with van der Waals surface area (Å²) >= 11 is 1.56. The van der Waals surface area contributed by atoms with Gasteiger partial charge in [-0.05, 0) is 26.7 Å². The average Bonchev–Trinajstić information content (AvgIpc) is 3.14. The molecule has 25 heavy (non-hydrogen) atoms. The zero-order chi connectivity index (χ0) is 18.0. The number of carbonyl (C=O) groups excluding carboxylic acids is 1. The molecule has 3 heterocycles. The van der Waals surface area contributed by atoms with E-state index in [-0.39, 0.29) is 18.5 Å². The molecule has 0 radical (unpaired) electrons. The molecule has 1 saturated heterocycles. The van der Waals surface area contributed by atoms with Crippen molar-refractivity contribution in [3.8, 4) is 6.07 Å². The minimum Gasteiger partial charge on any atom is -0.460 e. The number of hydrogen-bond acceptors (Lipinski definition) is 8. The topological polar surface area (TPSA) is 92.2 Å². The Bertz CT molecular complexity index is 812. The predicted molar refractivity (Wildman–Crippen MR) is 92.3 cm³/mol. The van der Waals surface area contributed by atoms with Gasteiger partial charge < -0.3 is 14.1 Å². The summed E-state index contributed by atoms with van der Waals surface area (Å²) in [5.41, 5.74) is 1.23. The van der Waals surface area contributed by atoms with Crippen LogP contribution in [0.3, 0.4) is 0 Å². The van der Waals surface area contributed by atoms with Crippen LogP contribution in [0.1, 0.15) is 40.0 Å². The smallest absolute Gasteiger partial charge is 0.309 e. The lowest BCUT2D eigenvalue weighted by atomic mass is 9.97. The van der Waals surface area contributed by atoms with Gasteiger partial charge in [-0.1, -0.05) is 0 Å². The monoisotopic (exact) mass is 360 g/mol. The Balaban J connectivity index is 1.54. The van der Waals surface area contributed by atoms with Gasteiger partial charge in [-0.15, -0.1) is 11.3 Å². The molecule has 7 nitrogen and oxygen atoms in total. The van der Waals surface area contributed by atoms with Gasteiger partial charge in [-0.3, -0.25) is 4.79 Å². The fourth-order valence-electron chi connectivity index (χ4n) is 2.98. The van der Waals surface area contributed by atoms with Crippen molar-refractivity contribution in [2.75, 3.05) is 18.0 Å². The van der Waals surface area contributed by atoms with Crippen molar-refractivity contribution in [3.63, 3.8) is 0 Å². The fraction of sp³-hybridized carbons (Fsp3) is 0.529. The summed E-state index contributed by atoms with van der Waals surface area (Å²) in [4.78, 5) is 23.7. The molecule has 1 aliphatic rings. The number of piperidine rings is 1. The Morgan fingerprint density at radius 2 is 2.08 bits per heavy atom. The van der Waals surface area contributed by atoms with E-state index in [0.717, 1.165) is 15.6 Å². The van der Waals surface area contributed by atoms with Crippen LogP contribution in [0.4, 0.5) is 5.88 Å². The lowest BCUT2D eigenvalue weighted by Crippen LogP contribution is -2.37. The summed E-state index contributed by atoms with van der Waals surface area (Å²) < 4.78 is 11.0. The molecule has 2 aromatic heterocycles. The van der Waals surface area contributed by atoms with Gasteiger partial charge in [0.15, 0.2) is 5.89 Å². The summed E-state index contributed by atoms with van der Waals surface area (Å²) in [7, 11) is 0. The predicted octanol–water partition coefficient (Wildman–Crippen LogP) is 2.89. The van der Waals surface area contributed by atoms with Gasteiger partial charge in [0, 0.05) is 20.0 Å². The molecule has 0 N–H and O–H groups in total. The van der Waals surface area contributed by atoms with Gasteiger partial charge in [0.05, 0.1) is 21.5 Å². The molecular weight excluding hydrogens is 340 g/mol. The number of oxazole rings is 1. The molecule has 0 aliphatic carbocycles. The number of carbonyl (C=O) groups is 1. The molecular formula is C17H20N4O3S. The Morgan fingerprint density at radius 3 is 2.68 bits per heavy atom. The number of anilines is 1. The number of thiazole rings is 1. The number of nitriles is 1. The third-order valence-electron chi connectivity index (χ3n) is 4.28. The van der Waals surface area contributed by atoms with E-state index in [4.69, 9.17) is 14.4 Å². The highest BCUT2D eigenvalue weighted by molar-refractivity contribution is 7.11. The first kappa shape index (κ1) is 17.4. The van der Waals surface area contributed by atoms with Crippen molar-refractivity contribution in [1.29, 1.82) is 5.26 Å². The first-order valence-electron chi connectivity index (χ1n) is 8.20. The number of esters is 1. The van der Waals surface area contributed by atoms with E-state index in [1.165, 1.54) is 0 Å².